The zero-order valence-electron chi connectivity index (χ0n) is 12.0. The molecule has 2 aliphatic rings. The van der Waals surface area contributed by atoms with Gasteiger partial charge in [-0.05, 0) is 57.3 Å². The fourth-order valence-corrected chi connectivity index (χ4v) is 3.80. The van der Waals surface area contributed by atoms with E-state index >= 15 is 0 Å². The van der Waals surface area contributed by atoms with Crippen LogP contribution >= 0.6 is 0 Å². The van der Waals surface area contributed by atoms with Crippen LogP contribution < -0.4 is 5.32 Å². The molecule has 0 spiro atoms. The largest absolute Gasteiger partial charge is 0.317 e. The van der Waals surface area contributed by atoms with Crippen LogP contribution in [0.4, 0.5) is 0 Å². The Labute approximate surface area is 117 Å². The van der Waals surface area contributed by atoms with Gasteiger partial charge in [-0.3, -0.25) is 4.90 Å². The molecule has 2 heteroatoms. The van der Waals surface area contributed by atoms with Crippen LogP contribution in [0.2, 0.25) is 0 Å². The van der Waals surface area contributed by atoms with Crippen LogP contribution in [-0.4, -0.2) is 37.1 Å². The molecule has 0 aliphatic carbocycles. The Hall–Kier alpha value is -0.860. The highest BCUT2D eigenvalue weighted by atomic mass is 15.2. The van der Waals surface area contributed by atoms with Gasteiger partial charge in [0.1, 0.15) is 0 Å². The minimum absolute atomic E-state index is 0.706. The van der Waals surface area contributed by atoms with Crippen molar-refractivity contribution in [2.75, 3.05) is 26.2 Å². The van der Waals surface area contributed by atoms with E-state index < -0.39 is 0 Å². The lowest BCUT2D eigenvalue weighted by atomic mass is 9.92. The van der Waals surface area contributed by atoms with E-state index in [0.717, 1.165) is 11.8 Å². The number of nitrogens with one attached hydrogen (secondary N) is 1. The molecular formula is C17H26N2. The molecule has 0 aromatic heterocycles. The zero-order valence-corrected chi connectivity index (χ0v) is 12.0. The van der Waals surface area contributed by atoms with Crippen molar-refractivity contribution in [2.45, 2.75) is 38.1 Å². The molecule has 2 saturated heterocycles. The molecule has 1 aromatic carbocycles. The second-order valence-electron chi connectivity index (χ2n) is 6.23. The monoisotopic (exact) mass is 258 g/mol. The first kappa shape index (κ1) is 13.1. The van der Waals surface area contributed by atoms with Crippen LogP contribution in [0, 0.1) is 5.92 Å². The van der Waals surface area contributed by atoms with Crippen molar-refractivity contribution in [3.8, 4) is 0 Å². The van der Waals surface area contributed by atoms with E-state index in [1.54, 1.807) is 0 Å². The molecule has 0 saturated carbocycles. The molecule has 0 radical (unpaired) electrons. The van der Waals surface area contributed by atoms with Gasteiger partial charge in [0.05, 0.1) is 0 Å². The quantitative estimate of drug-likeness (QED) is 0.897. The summed E-state index contributed by atoms with van der Waals surface area (Å²) in [4.78, 5) is 2.73. The van der Waals surface area contributed by atoms with Crippen molar-refractivity contribution >= 4 is 0 Å². The number of benzene rings is 1. The third kappa shape index (κ3) is 3.01. The average molecular weight is 258 g/mol. The Morgan fingerprint density at radius 2 is 1.84 bits per heavy atom. The molecule has 2 unspecified atom stereocenters. The van der Waals surface area contributed by atoms with Crippen LogP contribution in [0.5, 0.6) is 0 Å². The standard InChI is InChI=1S/C17H26N2/c1-14-17(16-5-3-2-4-6-16)9-12-19(14)13-15-7-10-18-11-8-15/h2-6,14-15,17-18H,7-13H2,1H3. The van der Waals surface area contributed by atoms with Crippen LogP contribution in [-0.2, 0) is 0 Å². The molecule has 0 bridgehead atoms. The van der Waals surface area contributed by atoms with E-state index in [2.05, 4.69) is 47.5 Å². The molecule has 19 heavy (non-hydrogen) atoms. The molecule has 1 N–H and O–H groups in total. The molecule has 2 heterocycles. The van der Waals surface area contributed by atoms with Gasteiger partial charge < -0.3 is 5.32 Å². The molecule has 2 fully saturated rings. The predicted octanol–water partition coefficient (Wildman–Crippen LogP) is 2.86. The van der Waals surface area contributed by atoms with E-state index in [4.69, 9.17) is 0 Å². The third-order valence-corrected chi connectivity index (χ3v) is 5.06. The molecule has 0 amide bonds. The number of likely N-dealkylation sites (tertiary alicyclic amines) is 1. The Kier molecular flexibility index (Phi) is 4.19. The lowest BCUT2D eigenvalue weighted by Crippen LogP contribution is -2.38. The lowest BCUT2D eigenvalue weighted by Gasteiger charge is -2.31. The van der Waals surface area contributed by atoms with Crippen LogP contribution in [0.15, 0.2) is 30.3 Å². The van der Waals surface area contributed by atoms with Gasteiger partial charge in [-0.1, -0.05) is 30.3 Å². The Morgan fingerprint density at radius 1 is 1.11 bits per heavy atom. The Bertz CT molecular complexity index is 384. The third-order valence-electron chi connectivity index (χ3n) is 5.06. The molecule has 2 atom stereocenters. The maximum Gasteiger partial charge on any atom is 0.0136 e. The number of piperidine rings is 1. The van der Waals surface area contributed by atoms with E-state index in [1.165, 1.54) is 51.0 Å². The Morgan fingerprint density at radius 3 is 2.58 bits per heavy atom. The van der Waals surface area contributed by atoms with Gasteiger partial charge in [0.2, 0.25) is 0 Å². The van der Waals surface area contributed by atoms with Crippen molar-refractivity contribution in [1.29, 1.82) is 0 Å². The van der Waals surface area contributed by atoms with Crippen LogP contribution in [0.1, 0.15) is 37.7 Å². The summed E-state index contributed by atoms with van der Waals surface area (Å²) in [5.41, 5.74) is 1.53. The van der Waals surface area contributed by atoms with Crippen molar-refractivity contribution < 1.29 is 0 Å². The smallest absolute Gasteiger partial charge is 0.0136 e. The summed E-state index contributed by atoms with van der Waals surface area (Å²) in [7, 11) is 0. The van der Waals surface area contributed by atoms with E-state index in [0.29, 0.717) is 6.04 Å². The number of nitrogens with zero attached hydrogens (tertiary/aromatic N) is 1. The van der Waals surface area contributed by atoms with Gasteiger partial charge in [0.15, 0.2) is 0 Å². The average Bonchev–Trinajstić information content (AvgIpc) is 2.82. The second-order valence-corrected chi connectivity index (χ2v) is 6.23. The molecule has 2 aliphatic heterocycles. The minimum Gasteiger partial charge on any atom is -0.317 e. The van der Waals surface area contributed by atoms with Gasteiger partial charge in [-0.25, -0.2) is 0 Å². The van der Waals surface area contributed by atoms with E-state index in [1.807, 2.05) is 0 Å². The van der Waals surface area contributed by atoms with Gasteiger partial charge in [0.25, 0.3) is 0 Å². The lowest BCUT2D eigenvalue weighted by molar-refractivity contribution is 0.196. The highest BCUT2D eigenvalue weighted by molar-refractivity contribution is 5.22. The summed E-state index contributed by atoms with van der Waals surface area (Å²) >= 11 is 0. The summed E-state index contributed by atoms with van der Waals surface area (Å²) in [6, 6.07) is 11.8. The minimum atomic E-state index is 0.706. The van der Waals surface area contributed by atoms with Gasteiger partial charge >= 0.3 is 0 Å². The van der Waals surface area contributed by atoms with Gasteiger partial charge in [-0.15, -0.1) is 0 Å². The summed E-state index contributed by atoms with van der Waals surface area (Å²) in [5, 5.41) is 3.47. The summed E-state index contributed by atoms with van der Waals surface area (Å²) in [5.74, 6) is 1.65. The number of rotatable bonds is 3. The van der Waals surface area contributed by atoms with Gasteiger partial charge in [-0.2, -0.15) is 0 Å². The normalized spacial score (nSPS) is 29.7. The van der Waals surface area contributed by atoms with E-state index in [-0.39, 0.29) is 0 Å². The Balaban J connectivity index is 1.60. The molecule has 3 rings (SSSR count). The first-order valence-corrected chi connectivity index (χ1v) is 7.84. The molecule has 104 valence electrons. The van der Waals surface area contributed by atoms with Gasteiger partial charge in [0, 0.05) is 18.5 Å². The first-order chi connectivity index (χ1) is 9.34. The highest BCUT2D eigenvalue weighted by Gasteiger charge is 2.32. The van der Waals surface area contributed by atoms with Crippen molar-refractivity contribution in [3.05, 3.63) is 35.9 Å². The molecule has 2 nitrogen and oxygen atoms in total. The van der Waals surface area contributed by atoms with Crippen LogP contribution in [0.3, 0.4) is 0 Å². The highest BCUT2D eigenvalue weighted by Crippen LogP contribution is 2.34. The van der Waals surface area contributed by atoms with Crippen molar-refractivity contribution in [2.24, 2.45) is 5.92 Å². The molecule has 1 aromatic rings. The van der Waals surface area contributed by atoms with Crippen LogP contribution in [0.25, 0.3) is 0 Å². The SMILES string of the molecule is CC1C(c2ccccc2)CCN1CC1CCNCC1. The topological polar surface area (TPSA) is 15.3 Å². The van der Waals surface area contributed by atoms with E-state index in [9.17, 15) is 0 Å². The first-order valence-electron chi connectivity index (χ1n) is 7.84. The number of hydrogen-bond donors (Lipinski definition) is 1. The number of hydrogen-bond acceptors (Lipinski definition) is 2. The van der Waals surface area contributed by atoms with Crippen molar-refractivity contribution in [3.63, 3.8) is 0 Å². The summed E-state index contributed by atoms with van der Waals surface area (Å²) < 4.78 is 0. The second kappa shape index (κ2) is 6.06. The van der Waals surface area contributed by atoms with Crippen molar-refractivity contribution in [1.82, 2.24) is 10.2 Å². The molecular weight excluding hydrogens is 232 g/mol. The maximum absolute atomic E-state index is 3.47. The fourth-order valence-electron chi connectivity index (χ4n) is 3.80. The zero-order chi connectivity index (χ0) is 13.1. The maximum atomic E-state index is 3.47. The summed E-state index contributed by atoms with van der Waals surface area (Å²) in [6.45, 7) is 7.45. The fraction of sp³-hybridized carbons (Fsp3) is 0.647. The predicted molar refractivity (Wildman–Crippen MR) is 80.4 cm³/mol. The summed E-state index contributed by atoms with van der Waals surface area (Å²) in [6.07, 6.45) is 4.05.